The summed E-state index contributed by atoms with van der Waals surface area (Å²) in [6.45, 7) is 3.01. The summed E-state index contributed by atoms with van der Waals surface area (Å²) in [6.07, 6.45) is 6.95. The molecule has 3 nitrogen and oxygen atoms in total. The zero-order valence-corrected chi connectivity index (χ0v) is 13.0. The predicted octanol–water partition coefficient (Wildman–Crippen LogP) is 2.63. The molecule has 1 amide bonds. The Morgan fingerprint density at radius 2 is 2.10 bits per heavy atom. The molecule has 1 aliphatic rings. The summed E-state index contributed by atoms with van der Waals surface area (Å²) in [5.74, 6) is 0.482. The van der Waals surface area contributed by atoms with E-state index in [-0.39, 0.29) is 12.5 Å². The van der Waals surface area contributed by atoms with Crippen molar-refractivity contribution < 1.29 is 9.90 Å². The van der Waals surface area contributed by atoms with Crippen LogP contribution in [0.5, 0.6) is 0 Å². The average molecular weight is 289 g/mol. The summed E-state index contributed by atoms with van der Waals surface area (Å²) in [5.41, 5.74) is 3.98. The Labute approximate surface area is 127 Å². The molecule has 2 N–H and O–H groups in total. The van der Waals surface area contributed by atoms with E-state index in [0.29, 0.717) is 18.9 Å². The van der Waals surface area contributed by atoms with Gasteiger partial charge in [-0.2, -0.15) is 0 Å². The van der Waals surface area contributed by atoms with Gasteiger partial charge in [-0.3, -0.25) is 4.79 Å². The first kappa shape index (κ1) is 16.0. The second-order valence-corrected chi connectivity index (χ2v) is 6.10. The number of hydrogen-bond donors (Lipinski definition) is 2. The Kier molecular flexibility index (Phi) is 6.24. The Bertz CT molecular complexity index is 464. The average Bonchev–Trinajstić information content (AvgIpc) is 2.93. The van der Waals surface area contributed by atoms with Crippen molar-refractivity contribution >= 4 is 5.91 Å². The number of aryl methyl sites for hydroxylation is 2. The molecule has 0 saturated carbocycles. The van der Waals surface area contributed by atoms with Crippen LogP contribution in [0.3, 0.4) is 0 Å². The zero-order chi connectivity index (χ0) is 15.1. The predicted molar refractivity (Wildman–Crippen MR) is 85.3 cm³/mol. The number of aliphatic hydroxyl groups excluding tert-OH is 1. The van der Waals surface area contributed by atoms with Gasteiger partial charge in [-0.05, 0) is 54.7 Å². The molecule has 21 heavy (non-hydrogen) atoms. The van der Waals surface area contributed by atoms with Crippen LogP contribution in [0, 0.1) is 5.92 Å². The molecule has 1 aromatic carbocycles. The van der Waals surface area contributed by atoms with Crippen LogP contribution in [-0.2, 0) is 24.1 Å². The third-order valence-corrected chi connectivity index (χ3v) is 4.35. The maximum atomic E-state index is 12.1. The van der Waals surface area contributed by atoms with E-state index in [4.69, 9.17) is 5.11 Å². The molecular weight excluding hydrogens is 262 g/mol. The normalized spacial score (nSPS) is 14.8. The van der Waals surface area contributed by atoms with Crippen molar-refractivity contribution in [3.63, 3.8) is 0 Å². The molecule has 0 fully saturated rings. The molecule has 1 aliphatic carbocycles. The van der Waals surface area contributed by atoms with Crippen molar-refractivity contribution in [2.45, 2.75) is 51.9 Å². The number of fused-ring (bicyclic) bond motifs is 1. The van der Waals surface area contributed by atoms with Crippen LogP contribution >= 0.6 is 0 Å². The minimum atomic E-state index is 0.0898. The van der Waals surface area contributed by atoms with Gasteiger partial charge in [0.05, 0.1) is 6.42 Å². The lowest BCUT2D eigenvalue weighted by atomic mass is 10.00. The van der Waals surface area contributed by atoms with Gasteiger partial charge in [0.15, 0.2) is 0 Å². The highest BCUT2D eigenvalue weighted by atomic mass is 16.3. The molecule has 3 heteroatoms. The lowest BCUT2D eigenvalue weighted by Gasteiger charge is -2.15. The number of carbonyl (C=O) groups excluding carboxylic acids is 1. The first-order chi connectivity index (χ1) is 10.2. The minimum Gasteiger partial charge on any atom is -0.396 e. The van der Waals surface area contributed by atoms with E-state index in [1.54, 1.807) is 0 Å². The molecule has 116 valence electrons. The zero-order valence-electron chi connectivity index (χ0n) is 13.0. The standard InChI is InChI=1S/C18H27NO2/c1-2-4-14(9-10-20)13-19-18(21)12-15-7-8-16-5-3-6-17(16)11-15/h7-8,11,14,20H,2-6,9-10,12-13H2,1H3,(H,19,21). The summed E-state index contributed by atoms with van der Waals surface area (Å²) in [5, 5.41) is 12.1. The van der Waals surface area contributed by atoms with E-state index < -0.39 is 0 Å². The number of hydrogen-bond acceptors (Lipinski definition) is 2. The van der Waals surface area contributed by atoms with Crippen LogP contribution in [0.4, 0.5) is 0 Å². The number of benzene rings is 1. The van der Waals surface area contributed by atoms with Crippen LogP contribution in [0.2, 0.25) is 0 Å². The third kappa shape index (κ3) is 4.85. The Hall–Kier alpha value is -1.35. The van der Waals surface area contributed by atoms with Crippen molar-refractivity contribution in [3.05, 3.63) is 34.9 Å². The molecule has 0 radical (unpaired) electrons. The summed E-state index contributed by atoms with van der Waals surface area (Å²) in [6, 6.07) is 6.46. The van der Waals surface area contributed by atoms with Gasteiger partial charge in [0.25, 0.3) is 0 Å². The topological polar surface area (TPSA) is 49.3 Å². The fraction of sp³-hybridized carbons (Fsp3) is 0.611. The highest BCUT2D eigenvalue weighted by Gasteiger charge is 2.13. The van der Waals surface area contributed by atoms with Gasteiger partial charge in [0, 0.05) is 13.2 Å². The molecule has 0 bridgehead atoms. The Balaban J connectivity index is 1.81. The molecule has 1 unspecified atom stereocenters. The van der Waals surface area contributed by atoms with Gasteiger partial charge >= 0.3 is 0 Å². The number of nitrogens with one attached hydrogen (secondary N) is 1. The summed E-state index contributed by atoms with van der Waals surface area (Å²) < 4.78 is 0. The summed E-state index contributed by atoms with van der Waals surface area (Å²) >= 11 is 0. The third-order valence-electron chi connectivity index (χ3n) is 4.35. The number of rotatable bonds is 8. The number of aliphatic hydroxyl groups is 1. The van der Waals surface area contributed by atoms with Gasteiger partial charge in [-0.25, -0.2) is 0 Å². The van der Waals surface area contributed by atoms with Gasteiger partial charge in [-0.1, -0.05) is 31.5 Å². The van der Waals surface area contributed by atoms with Crippen molar-refractivity contribution in [2.24, 2.45) is 5.92 Å². The lowest BCUT2D eigenvalue weighted by Crippen LogP contribution is -2.31. The fourth-order valence-electron chi connectivity index (χ4n) is 3.18. The summed E-state index contributed by atoms with van der Waals surface area (Å²) in [7, 11) is 0. The lowest BCUT2D eigenvalue weighted by molar-refractivity contribution is -0.120. The highest BCUT2D eigenvalue weighted by molar-refractivity contribution is 5.78. The number of amides is 1. The molecule has 0 aromatic heterocycles. The first-order valence-corrected chi connectivity index (χ1v) is 8.21. The summed E-state index contributed by atoms with van der Waals surface area (Å²) in [4.78, 5) is 12.1. The quantitative estimate of drug-likeness (QED) is 0.773. The van der Waals surface area contributed by atoms with E-state index in [0.717, 1.165) is 31.2 Å². The molecule has 1 aromatic rings. The number of carbonyl (C=O) groups is 1. The smallest absolute Gasteiger partial charge is 0.224 e. The minimum absolute atomic E-state index is 0.0898. The van der Waals surface area contributed by atoms with Crippen molar-refractivity contribution in [1.29, 1.82) is 0 Å². The van der Waals surface area contributed by atoms with Crippen LogP contribution < -0.4 is 5.32 Å². The molecule has 0 spiro atoms. The molecule has 0 heterocycles. The molecule has 2 rings (SSSR count). The van der Waals surface area contributed by atoms with E-state index in [1.807, 2.05) is 0 Å². The first-order valence-electron chi connectivity index (χ1n) is 8.21. The second-order valence-electron chi connectivity index (χ2n) is 6.10. The molecule has 0 aliphatic heterocycles. The Morgan fingerprint density at radius 3 is 2.86 bits per heavy atom. The molecule has 1 atom stereocenters. The van der Waals surface area contributed by atoms with Crippen LogP contribution in [0.25, 0.3) is 0 Å². The van der Waals surface area contributed by atoms with Crippen LogP contribution in [0.15, 0.2) is 18.2 Å². The van der Waals surface area contributed by atoms with Crippen molar-refractivity contribution in [3.8, 4) is 0 Å². The SMILES string of the molecule is CCCC(CCO)CNC(=O)Cc1ccc2c(c1)CCC2. The van der Waals surface area contributed by atoms with Gasteiger partial charge < -0.3 is 10.4 Å². The highest BCUT2D eigenvalue weighted by Crippen LogP contribution is 2.23. The maximum absolute atomic E-state index is 12.1. The van der Waals surface area contributed by atoms with Crippen LogP contribution in [-0.4, -0.2) is 24.2 Å². The van der Waals surface area contributed by atoms with Gasteiger partial charge in [-0.15, -0.1) is 0 Å². The van der Waals surface area contributed by atoms with Crippen molar-refractivity contribution in [2.75, 3.05) is 13.2 Å². The van der Waals surface area contributed by atoms with Gasteiger partial charge in [0.1, 0.15) is 0 Å². The van der Waals surface area contributed by atoms with E-state index >= 15 is 0 Å². The van der Waals surface area contributed by atoms with E-state index in [1.165, 1.54) is 24.0 Å². The fourth-order valence-corrected chi connectivity index (χ4v) is 3.18. The molecule has 0 saturated heterocycles. The second kappa shape index (κ2) is 8.18. The van der Waals surface area contributed by atoms with E-state index in [9.17, 15) is 4.79 Å². The van der Waals surface area contributed by atoms with Gasteiger partial charge in [0.2, 0.25) is 5.91 Å². The van der Waals surface area contributed by atoms with Crippen LogP contribution in [0.1, 0.15) is 49.3 Å². The largest absolute Gasteiger partial charge is 0.396 e. The maximum Gasteiger partial charge on any atom is 0.224 e. The monoisotopic (exact) mass is 289 g/mol. The Morgan fingerprint density at radius 1 is 1.29 bits per heavy atom. The van der Waals surface area contributed by atoms with Crippen molar-refractivity contribution in [1.82, 2.24) is 5.32 Å². The molecular formula is C18H27NO2. The van der Waals surface area contributed by atoms with E-state index in [2.05, 4.69) is 30.4 Å².